The standard InChI is InChI=1S/C12H18ClN3O3S/c1-8-6-16(7-9(2)15(8)3)20(18,19)10-4-11(13)12(17)14-5-10/h4-5,8-9H,6-7H2,1-3H3,(H,14,17). The first-order valence-corrected chi connectivity index (χ1v) is 8.15. The average molecular weight is 320 g/mol. The third-order valence-electron chi connectivity index (χ3n) is 3.80. The summed E-state index contributed by atoms with van der Waals surface area (Å²) in [4.78, 5) is 15.7. The molecule has 2 rings (SSSR count). The number of pyridine rings is 1. The van der Waals surface area contributed by atoms with Crippen LogP contribution in [-0.2, 0) is 10.0 Å². The number of piperazine rings is 1. The summed E-state index contributed by atoms with van der Waals surface area (Å²) < 4.78 is 26.6. The Balaban J connectivity index is 2.35. The first-order chi connectivity index (χ1) is 9.23. The van der Waals surface area contributed by atoms with Gasteiger partial charge in [-0.3, -0.25) is 9.69 Å². The van der Waals surface area contributed by atoms with Crippen LogP contribution in [-0.4, -0.2) is 54.8 Å². The van der Waals surface area contributed by atoms with Gasteiger partial charge in [-0.15, -0.1) is 0 Å². The molecule has 20 heavy (non-hydrogen) atoms. The second-order valence-corrected chi connectivity index (χ2v) is 7.54. The van der Waals surface area contributed by atoms with Crippen molar-refractivity contribution < 1.29 is 8.42 Å². The third kappa shape index (κ3) is 2.76. The van der Waals surface area contributed by atoms with Crippen LogP contribution in [0, 0.1) is 0 Å². The number of nitrogens with one attached hydrogen (secondary N) is 1. The van der Waals surface area contributed by atoms with Gasteiger partial charge in [-0.05, 0) is 27.0 Å². The molecule has 0 aromatic carbocycles. The molecule has 2 heterocycles. The van der Waals surface area contributed by atoms with Gasteiger partial charge in [0.15, 0.2) is 0 Å². The monoisotopic (exact) mass is 319 g/mol. The lowest BCUT2D eigenvalue weighted by Crippen LogP contribution is -2.56. The van der Waals surface area contributed by atoms with Crippen LogP contribution in [0.2, 0.25) is 5.02 Å². The van der Waals surface area contributed by atoms with Gasteiger partial charge in [-0.25, -0.2) is 8.42 Å². The summed E-state index contributed by atoms with van der Waals surface area (Å²) in [5.41, 5.74) is -0.495. The van der Waals surface area contributed by atoms with Crippen LogP contribution in [0.5, 0.6) is 0 Å². The van der Waals surface area contributed by atoms with Gasteiger partial charge in [0.2, 0.25) is 10.0 Å². The van der Waals surface area contributed by atoms with Crippen molar-refractivity contribution in [3.8, 4) is 0 Å². The molecule has 8 heteroatoms. The fourth-order valence-corrected chi connectivity index (χ4v) is 4.12. The molecule has 1 aromatic heterocycles. The molecule has 2 unspecified atom stereocenters. The predicted molar refractivity (Wildman–Crippen MR) is 77.5 cm³/mol. The van der Waals surface area contributed by atoms with E-state index in [1.807, 2.05) is 20.9 Å². The summed E-state index contributed by atoms with van der Waals surface area (Å²) in [7, 11) is -1.66. The van der Waals surface area contributed by atoms with Crippen molar-refractivity contribution in [1.82, 2.24) is 14.2 Å². The highest BCUT2D eigenvalue weighted by Gasteiger charge is 2.34. The summed E-state index contributed by atoms with van der Waals surface area (Å²) in [6.07, 6.45) is 1.19. The molecule has 1 aliphatic heterocycles. The second-order valence-electron chi connectivity index (χ2n) is 5.20. The molecule has 0 radical (unpaired) electrons. The Labute approximate surface area is 123 Å². The molecular formula is C12H18ClN3O3S. The maximum atomic E-state index is 12.6. The summed E-state index contributed by atoms with van der Waals surface area (Å²) in [6.45, 7) is 4.80. The zero-order chi connectivity index (χ0) is 15.1. The van der Waals surface area contributed by atoms with Crippen LogP contribution >= 0.6 is 11.6 Å². The molecule has 6 nitrogen and oxygen atoms in total. The minimum absolute atomic E-state index is 0.0195. The molecule has 2 atom stereocenters. The van der Waals surface area contributed by atoms with Gasteiger partial charge in [-0.1, -0.05) is 11.6 Å². The van der Waals surface area contributed by atoms with Crippen LogP contribution in [0.4, 0.5) is 0 Å². The van der Waals surface area contributed by atoms with E-state index < -0.39 is 15.6 Å². The van der Waals surface area contributed by atoms with Crippen molar-refractivity contribution in [1.29, 1.82) is 0 Å². The lowest BCUT2D eigenvalue weighted by molar-refractivity contribution is 0.105. The molecule has 0 aliphatic carbocycles. The van der Waals surface area contributed by atoms with E-state index in [1.54, 1.807) is 0 Å². The molecule has 112 valence electrons. The predicted octanol–water partition coefficient (Wildman–Crippen LogP) is 0.741. The fourth-order valence-electron chi connectivity index (χ4n) is 2.29. The smallest absolute Gasteiger partial charge is 0.266 e. The fraction of sp³-hybridized carbons (Fsp3) is 0.583. The van der Waals surface area contributed by atoms with E-state index >= 15 is 0 Å². The largest absolute Gasteiger partial charge is 0.326 e. The summed E-state index contributed by atoms with van der Waals surface area (Å²) in [5.74, 6) is 0. The maximum absolute atomic E-state index is 12.6. The number of halogens is 1. The first-order valence-electron chi connectivity index (χ1n) is 6.34. The SMILES string of the molecule is CC1CN(S(=O)(=O)c2c[nH]c(=O)c(Cl)c2)CC(C)N1C. The highest BCUT2D eigenvalue weighted by atomic mass is 35.5. The Kier molecular flexibility index (Phi) is 4.24. The average Bonchev–Trinajstić information content (AvgIpc) is 2.38. The van der Waals surface area contributed by atoms with E-state index in [9.17, 15) is 13.2 Å². The van der Waals surface area contributed by atoms with Gasteiger partial charge in [0.1, 0.15) is 5.02 Å². The molecular weight excluding hydrogens is 302 g/mol. The van der Waals surface area contributed by atoms with Crippen LogP contribution < -0.4 is 5.56 Å². The van der Waals surface area contributed by atoms with E-state index in [4.69, 9.17) is 11.6 Å². The number of nitrogens with zero attached hydrogens (tertiary/aromatic N) is 2. The first kappa shape index (κ1) is 15.5. The zero-order valence-corrected chi connectivity index (χ0v) is 13.2. The van der Waals surface area contributed by atoms with Crippen LogP contribution in [0.3, 0.4) is 0 Å². The normalized spacial score (nSPS) is 25.8. The van der Waals surface area contributed by atoms with Gasteiger partial charge in [0.05, 0.1) is 4.90 Å². The van der Waals surface area contributed by atoms with Gasteiger partial charge >= 0.3 is 0 Å². The number of likely N-dealkylation sites (N-methyl/N-ethyl adjacent to an activating group) is 1. The van der Waals surface area contributed by atoms with Crippen LogP contribution in [0.25, 0.3) is 0 Å². The molecule has 1 aromatic rings. The Bertz CT molecular complexity index is 646. The quantitative estimate of drug-likeness (QED) is 0.872. The number of sulfonamides is 1. The Morgan fingerprint density at radius 2 is 1.85 bits per heavy atom. The van der Waals surface area contributed by atoms with Crippen molar-refractivity contribution in [3.05, 3.63) is 27.6 Å². The van der Waals surface area contributed by atoms with Gasteiger partial charge < -0.3 is 4.98 Å². The molecule has 1 saturated heterocycles. The third-order valence-corrected chi connectivity index (χ3v) is 5.89. The minimum Gasteiger partial charge on any atom is -0.326 e. The van der Waals surface area contributed by atoms with Crippen LogP contribution in [0.15, 0.2) is 22.0 Å². The summed E-state index contributed by atoms with van der Waals surface area (Å²) in [5, 5.41) is -0.124. The molecule has 1 N–H and O–H groups in total. The topological polar surface area (TPSA) is 73.5 Å². The number of hydrogen-bond acceptors (Lipinski definition) is 4. The molecule has 1 aliphatic rings. The molecule has 0 amide bonds. The van der Waals surface area contributed by atoms with Gasteiger partial charge in [0.25, 0.3) is 5.56 Å². The summed E-state index contributed by atoms with van der Waals surface area (Å²) >= 11 is 5.70. The van der Waals surface area contributed by atoms with E-state index in [0.717, 1.165) is 0 Å². The Hall–Kier alpha value is -0.890. The van der Waals surface area contributed by atoms with Crippen molar-refractivity contribution in [2.75, 3.05) is 20.1 Å². The van der Waals surface area contributed by atoms with E-state index in [0.29, 0.717) is 13.1 Å². The molecule has 0 saturated carbocycles. The Morgan fingerprint density at radius 3 is 2.35 bits per heavy atom. The van der Waals surface area contributed by atoms with Crippen molar-refractivity contribution in [2.45, 2.75) is 30.8 Å². The number of aromatic nitrogens is 1. The van der Waals surface area contributed by atoms with Crippen molar-refractivity contribution in [2.24, 2.45) is 0 Å². The minimum atomic E-state index is -3.64. The lowest BCUT2D eigenvalue weighted by atomic mass is 10.1. The Morgan fingerprint density at radius 1 is 1.30 bits per heavy atom. The highest BCUT2D eigenvalue weighted by Crippen LogP contribution is 2.22. The molecule has 0 bridgehead atoms. The summed E-state index contributed by atoms with van der Waals surface area (Å²) in [6, 6.07) is 1.46. The number of hydrogen-bond donors (Lipinski definition) is 1. The van der Waals surface area contributed by atoms with Gasteiger partial charge in [0, 0.05) is 31.4 Å². The molecule has 0 spiro atoms. The van der Waals surface area contributed by atoms with Gasteiger partial charge in [-0.2, -0.15) is 4.31 Å². The van der Waals surface area contributed by atoms with E-state index in [1.165, 1.54) is 16.6 Å². The zero-order valence-electron chi connectivity index (χ0n) is 11.6. The van der Waals surface area contributed by atoms with Crippen LogP contribution in [0.1, 0.15) is 13.8 Å². The van der Waals surface area contributed by atoms with Crippen molar-refractivity contribution >= 4 is 21.6 Å². The number of aromatic amines is 1. The van der Waals surface area contributed by atoms with E-state index in [-0.39, 0.29) is 22.0 Å². The molecule has 1 fully saturated rings. The second kappa shape index (κ2) is 5.48. The van der Waals surface area contributed by atoms with E-state index in [2.05, 4.69) is 9.88 Å². The maximum Gasteiger partial charge on any atom is 0.266 e. The van der Waals surface area contributed by atoms with Crippen molar-refractivity contribution in [3.63, 3.8) is 0 Å². The number of H-pyrrole nitrogens is 1. The lowest BCUT2D eigenvalue weighted by Gasteiger charge is -2.41. The highest BCUT2D eigenvalue weighted by molar-refractivity contribution is 7.89. The number of rotatable bonds is 2.